The highest BCUT2D eigenvalue weighted by molar-refractivity contribution is 7.89. The van der Waals surface area contributed by atoms with Crippen molar-refractivity contribution in [2.45, 2.75) is 51.5 Å². The summed E-state index contributed by atoms with van der Waals surface area (Å²) in [6, 6.07) is 19.7. The molecule has 0 saturated carbocycles. The number of rotatable bonds is 8. The number of carbonyl (C=O) groups excluding carboxylic acids is 1. The Labute approximate surface area is 190 Å². The predicted octanol–water partition coefficient (Wildman–Crippen LogP) is 4.70. The van der Waals surface area contributed by atoms with Crippen molar-refractivity contribution in [3.63, 3.8) is 0 Å². The number of hydrogen-bond donors (Lipinski definition) is 2. The van der Waals surface area contributed by atoms with Gasteiger partial charge in [0, 0.05) is 5.69 Å². The minimum Gasteiger partial charge on any atom is -0.325 e. The lowest BCUT2D eigenvalue weighted by Gasteiger charge is -2.21. The molecule has 5 nitrogen and oxygen atoms in total. The van der Waals surface area contributed by atoms with Crippen molar-refractivity contribution < 1.29 is 13.2 Å². The van der Waals surface area contributed by atoms with Gasteiger partial charge in [-0.05, 0) is 68.0 Å². The van der Waals surface area contributed by atoms with Gasteiger partial charge in [-0.15, -0.1) is 0 Å². The molecule has 0 radical (unpaired) electrons. The van der Waals surface area contributed by atoms with Crippen LogP contribution < -0.4 is 10.0 Å². The molecule has 0 aliphatic rings. The lowest BCUT2D eigenvalue weighted by Crippen LogP contribution is -2.45. The zero-order valence-electron chi connectivity index (χ0n) is 19.0. The Morgan fingerprint density at radius 2 is 1.47 bits per heavy atom. The minimum absolute atomic E-state index is 0.223. The van der Waals surface area contributed by atoms with Crippen LogP contribution in [0.5, 0.6) is 0 Å². The van der Waals surface area contributed by atoms with Gasteiger partial charge in [-0.1, -0.05) is 67.1 Å². The summed E-state index contributed by atoms with van der Waals surface area (Å²) in [5.41, 5.74) is 4.97. The van der Waals surface area contributed by atoms with Crippen LogP contribution in [0.2, 0.25) is 0 Å². The van der Waals surface area contributed by atoms with Crippen LogP contribution >= 0.6 is 0 Å². The van der Waals surface area contributed by atoms with Crippen molar-refractivity contribution in [1.82, 2.24) is 4.72 Å². The van der Waals surface area contributed by atoms with Crippen LogP contribution in [0.15, 0.2) is 71.6 Å². The van der Waals surface area contributed by atoms with E-state index in [1.54, 1.807) is 13.8 Å². The van der Waals surface area contributed by atoms with Crippen LogP contribution in [0.25, 0.3) is 0 Å². The molecule has 3 aromatic carbocycles. The number of carbonyl (C=O) groups is 1. The van der Waals surface area contributed by atoms with Gasteiger partial charge in [0.25, 0.3) is 0 Å². The molecule has 1 amide bonds. The van der Waals surface area contributed by atoms with Crippen LogP contribution in [0, 0.1) is 20.8 Å². The van der Waals surface area contributed by atoms with E-state index in [1.165, 1.54) is 0 Å². The first-order valence-electron chi connectivity index (χ1n) is 10.7. The molecule has 0 heterocycles. The molecule has 1 atom stereocenters. The Morgan fingerprint density at radius 1 is 0.875 bits per heavy atom. The van der Waals surface area contributed by atoms with E-state index >= 15 is 0 Å². The summed E-state index contributed by atoms with van der Waals surface area (Å²) in [4.78, 5) is 13.4. The molecule has 168 valence electrons. The van der Waals surface area contributed by atoms with Gasteiger partial charge in [0.15, 0.2) is 0 Å². The van der Waals surface area contributed by atoms with E-state index in [2.05, 4.69) is 17.0 Å². The zero-order valence-corrected chi connectivity index (χ0v) is 19.8. The highest BCUT2D eigenvalue weighted by Gasteiger charge is 2.28. The summed E-state index contributed by atoms with van der Waals surface area (Å²) < 4.78 is 29.3. The third-order valence-electron chi connectivity index (χ3n) is 5.40. The average Bonchev–Trinajstić information content (AvgIpc) is 2.73. The molecule has 0 aliphatic heterocycles. The van der Waals surface area contributed by atoms with Gasteiger partial charge in [0.05, 0.1) is 4.90 Å². The van der Waals surface area contributed by atoms with Crippen LogP contribution in [-0.4, -0.2) is 20.4 Å². The SMILES string of the molecule is CCc1ccc(NC(=O)[C@H](Cc2ccccc2)NS(=O)(=O)c2c(C)cc(C)cc2C)cc1. The van der Waals surface area contributed by atoms with Crippen LogP contribution in [0.3, 0.4) is 0 Å². The molecule has 0 aromatic heterocycles. The Balaban J connectivity index is 1.90. The maximum Gasteiger partial charge on any atom is 0.242 e. The van der Waals surface area contributed by atoms with Crippen molar-refractivity contribution in [2.75, 3.05) is 5.32 Å². The Bertz CT molecular complexity index is 1160. The van der Waals surface area contributed by atoms with E-state index in [1.807, 2.05) is 73.7 Å². The quantitative estimate of drug-likeness (QED) is 0.522. The highest BCUT2D eigenvalue weighted by Crippen LogP contribution is 2.22. The monoisotopic (exact) mass is 450 g/mol. The number of nitrogens with one attached hydrogen (secondary N) is 2. The average molecular weight is 451 g/mol. The fraction of sp³-hybridized carbons (Fsp3) is 0.269. The zero-order chi connectivity index (χ0) is 23.3. The fourth-order valence-corrected chi connectivity index (χ4v) is 5.58. The first-order valence-corrected chi connectivity index (χ1v) is 12.2. The fourth-order valence-electron chi connectivity index (χ4n) is 3.93. The van der Waals surface area contributed by atoms with E-state index in [-0.39, 0.29) is 11.3 Å². The Morgan fingerprint density at radius 3 is 2.03 bits per heavy atom. The summed E-state index contributed by atoms with van der Waals surface area (Å²) in [7, 11) is -3.92. The van der Waals surface area contributed by atoms with E-state index in [4.69, 9.17) is 0 Å². The molecular formula is C26H30N2O3S. The van der Waals surface area contributed by atoms with Gasteiger partial charge in [0.1, 0.15) is 6.04 Å². The smallest absolute Gasteiger partial charge is 0.242 e. The lowest BCUT2D eigenvalue weighted by molar-refractivity contribution is -0.117. The second kappa shape index (κ2) is 10.1. The van der Waals surface area contributed by atoms with Crippen molar-refractivity contribution in [3.8, 4) is 0 Å². The van der Waals surface area contributed by atoms with Gasteiger partial charge in [-0.2, -0.15) is 4.72 Å². The minimum atomic E-state index is -3.92. The van der Waals surface area contributed by atoms with Crippen molar-refractivity contribution >= 4 is 21.6 Å². The van der Waals surface area contributed by atoms with Crippen LogP contribution in [0.4, 0.5) is 5.69 Å². The first-order chi connectivity index (χ1) is 15.2. The molecule has 3 rings (SSSR count). The molecule has 2 N–H and O–H groups in total. The van der Waals surface area contributed by atoms with E-state index in [0.717, 1.165) is 23.1 Å². The number of benzene rings is 3. The van der Waals surface area contributed by atoms with Gasteiger partial charge in [0.2, 0.25) is 15.9 Å². The summed E-state index contributed by atoms with van der Waals surface area (Å²) in [5.74, 6) is -0.399. The standard InChI is InChI=1S/C26H30N2O3S/c1-5-21-11-13-23(14-12-21)27-26(29)24(17-22-9-7-6-8-10-22)28-32(30,31)25-19(3)15-18(2)16-20(25)4/h6-16,24,28H,5,17H2,1-4H3,(H,27,29)/t24-/m0/s1. The predicted molar refractivity (Wildman–Crippen MR) is 129 cm³/mol. The highest BCUT2D eigenvalue weighted by atomic mass is 32.2. The molecule has 6 heteroatoms. The summed E-state index contributed by atoms with van der Waals surface area (Å²) in [6.45, 7) is 7.54. The molecule has 0 unspecified atom stereocenters. The van der Waals surface area contributed by atoms with Gasteiger partial charge < -0.3 is 5.32 Å². The van der Waals surface area contributed by atoms with E-state index < -0.39 is 22.0 Å². The molecule has 3 aromatic rings. The first kappa shape index (κ1) is 23.7. The molecule has 0 saturated heterocycles. The molecule has 0 aliphatic carbocycles. The van der Waals surface area contributed by atoms with E-state index in [9.17, 15) is 13.2 Å². The second-order valence-electron chi connectivity index (χ2n) is 8.13. The molecular weight excluding hydrogens is 420 g/mol. The summed E-state index contributed by atoms with van der Waals surface area (Å²) >= 11 is 0. The van der Waals surface area contributed by atoms with Crippen LogP contribution in [0.1, 0.15) is 34.7 Å². The van der Waals surface area contributed by atoms with Crippen LogP contribution in [-0.2, 0) is 27.7 Å². The van der Waals surface area contributed by atoms with Gasteiger partial charge >= 0.3 is 0 Å². The van der Waals surface area contributed by atoms with Crippen molar-refractivity contribution in [1.29, 1.82) is 0 Å². The Hall–Kier alpha value is -2.96. The molecule has 0 bridgehead atoms. The Kier molecular flexibility index (Phi) is 7.48. The topological polar surface area (TPSA) is 75.3 Å². The van der Waals surface area contributed by atoms with Crippen molar-refractivity contribution in [3.05, 3.63) is 94.5 Å². The summed E-state index contributed by atoms with van der Waals surface area (Å²) in [6.07, 6.45) is 1.14. The lowest BCUT2D eigenvalue weighted by atomic mass is 10.1. The summed E-state index contributed by atoms with van der Waals surface area (Å²) in [5, 5.41) is 2.86. The van der Waals surface area contributed by atoms with Gasteiger partial charge in [-0.25, -0.2) is 8.42 Å². The normalized spacial score (nSPS) is 12.4. The van der Waals surface area contributed by atoms with Gasteiger partial charge in [-0.3, -0.25) is 4.79 Å². The number of amides is 1. The number of aryl methyl sites for hydroxylation is 4. The maximum atomic E-state index is 13.3. The third-order valence-corrected chi connectivity index (χ3v) is 7.18. The largest absolute Gasteiger partial charge is 0.325 e. The molecule has 0 spiro atoms. The maximum absolute atomic E-state index is 13.3. The number of sulfonamides is 1. The molecule has 32 heavy (non-hydrogen) atoms. The van der Waals surface area contributed by atoms with Crippen molar-refractivity contribution in [2.24, 2.45) is 0 Å². The van der Waals surface area contributed by atoms with E-state index in [0.29, 0.717) is 16.8 Å². The number of hydrogen-bond acceptors (Lipinski definition) is 3. The second-order valence-corrected chi connectivity index (χ2v) is 9.78. The third kappa shape index (κ3) is 5.84. The molecule has 0 fully saturated rings. The number of anilines is 1.